The number of amides is 2. The van der Waals surface area contributed by atoms with Crippen molar-refractivity contribution in [3.63, 3.8) is 0 Å². The van der Waals surface area contributed by atoms with Crippen LogP contribution in [0.1, 0.15) is 32.8 Å². The Labute approximate surface area is 160 Å². The summed E-state index contributed by atoms with van der Waals surface area (Å²) in [5.41, 5.74) is -0.272. The second-order valence-corrected chi connectivity index (χ2v) is 8.49. The van der Waals surface area contributed by atoms with Crippen molar-refractivity contribution in [2.75, 3.05) is 19.0 Å². The van der Waals surface area contributed by atoms with Crippen molar-refractivity contribution >= 4 is 39.6 Å². The van der Waals surface area contributed by atoms with E-state index in [0.717, 1.165) is 10.0 Å². The van der Waals surface area contributed by atoms with Gasteiger partial charge in [-0.25, -0.2) is 9.59 Å². The molecule has 8 heteroatoms. The van der Waals surface area contributed by atoms with E-state index in [-0.39, 0.29) is 18.9 Å². The highest BCUT2D eigenvalue weighted by Gasteiger charge is 2.58. The highest BCUT2D eigenvalue weighted by atomic mass is 79.9. The van der Waals surface area contributed by atoms with Gasteiger partial charge in [0.2, 0.25) is 5.91 Å². The minimum atomic E-state index is -1.01. The minimum Gasteiger partial charge on any atom is -0.467 e. The minimum absolute atomic E-state index is 0.0525. The average Bonchev–Trinajstić information content (AvgIpc) is 3.06. The monoisotopic (exact) mass is 424 g/mol. The van der Waals surface area contributed by atoms with Crippen molar-refractivity contribution in [2.24, 2.45) is 0 Å². The average molecular weight is 425 g/mol. The number of hydrogen-bond acceptors (Lipinski definition) is 5. The van der Waals surface area contributed by atoms with E-state index < -0.39 is 29.1 Å². The van der Waals surface area contributed by atoms with Crippen LogP contribution in [0.15, 0.2) is 22.7 Å². The number of nitrogens with zero attached hydrogens (tertiary/aromatic N) is 1. The van der Waals surface area contributed by atoms with Crippen LogP contribution in [-0.2, 0) is 24.5 Å². The lowest BCUT2D eigenvalue weighted by atomic mass is 9.79. The van der Waals surface area contributed by atoms with Gasteiger partial charge in [-0.3, -0.25) is 9.69 Å². The molecule has 1 spiro atoms. The van der Waals surface area contributed by atoms with Crippen molar-refractivity contribution in [3.05, 3.63) is 28.2 Å². The summed E-state index contributed by atoms with van der Waals surface area (Å²) in [4.78, 5) is 39.1. The lowest BCUT2D eigenvalue weighted by Crippen LogP contribution is -2.44. The van der Waals surface area contributed by atoms with E-state index >= 15 is 0 Å². The zero-order valence-corrected chi connectivity index (χ0v) is 16.7. The molecule has 1 saturated heterocycles. The zero-order chi connectivity index (χ0) is 19.3. The number of nitrogens with one attached hydrogen (secondary N) is 1. The van der Waals surface area contributed by atoms with Gasteiger partial charge >= 0.3 is 12.1 Å². The first kappa shape index (κ1) is 18.7. The van der Waals surface area contributed by atoms with E-state index in [1.165, 1.54) is 12.0 Å². The van der Waals surface area contributed by atoms with E-state index in [9.17, 15) is 14.4 Å². The number of methoxy groups -OCH3 is 1. The molecule has 0 saturated carbocycles. The highest BCUT2D eigenvalue weighted by molar-refractivity contribution is 9.10. The number of fused-ring (bicyclic) bond motifs is 2. The van der Waals surface area contributed by atoms with Crippen molar-refractivity contribution in [1.29, 1.82) is 0 Å². The second-order valence-electron chi connectivity index (χ2n) is 7.58. The van der Waals surface area contributed by atoms with Crippen LogP contribution in [0, 0.1) is 0 Å². The Morgan fingerprint density at radius 3 is 2.65 bits per heavy atom. The van der Waals surface area contributed by atoms with Gasteiger partial charge < -0.3 is 14.8 Å². The molecule has 26 heavy (non-hydrogen) atoms. The molecule has 0 bridgehead atoms. The summed E-state index contributed by atoms with van der Waals surface area (Å²) >= 11 is 3.42. The number of benzene rings is 1. The molecule has 2 heterocycles. The SMILES string of the molecule is COC(=O)[C@@H]1C[C@@]2(CN1C(=O)OC(C)(C)C)C(=O)Nc1ccc(Br)cc12. The fraction of sp³-hybridized carbons (Fsp3) is 0.500. The number of carbonyl (C=O) groups is 3. The van der Waals surface area contributed by atoms with Gasteiger partial charge in [0.15, 0.2) is 0 Å². The molecule has 1 aromatic carbocycles. The van der Waals surface area contributed by atoms with Crippen molar-refractivity contribution < 1.29 is 23.9 Å². The Kier molecular flexibility index (Phi) is 4.50. The van der Waals surface area contributed by atoms with Crippen molar-refractivity contribution in [2.45, 2.75) is 44.2 Å². The third-order valence-corrected chi connectivity index (χ3v) is 5.13. The van der Waals surface area contributed by atoms with Crippen LogP contribution >= 0.6 is 15.9 Å². The Hall–Kier alpha value is -2.09. The van der Waals surface area contributed by atoms with E-state index in [0.29, 0.717) is 5.69 Å². The Bertz CT molecular complexity index is 788. The van der Waals surface area contributed by atoms with Crippen molar-refractivity contribution in [1.82, 2.24) is 4.90 Å². The normalized spacial score (nSPS) is 24.4. The van der Waals surface area contributed by atoms with Crippen LogP contribution in [0.5, 0.6) is 0 Å². The third kappa shape index (κ3) is 3.06. The molecule has 1 fully saturated rings. The summed E-state index contributed by atoms with van der Waals surface area (Å²) < 4.78 is 11.1. The van der Waals surface area contributed by atoms with E-state index in [1.54, 1.807) is 26.8 Å². The van der Waals surface area contributed by atoms with Gasteiger partial charge in [-0.15, -0.1) is 0 Å². The predicted molar refractivity (Wildman–Crippen MR) is 97.8 cm³/mol. The van der Waals surface area contributed by atoms with Crippen molar-refractivity contribution in [3.8, 4) is 0 Å². The molecule has 0 unspecified atom stereocenters. The molecule has 2 amide bonds. The molecule has 2 aliphatic rings. The molecule has 2 atom stereocenters. The van der Waals surface area contributed by atoms with Crippen LogP contribution in [-0.4, -0.2) is 48.2 Å². The molecular formula is C18H21BrN2O5. The second kappa shape index (κ2) is 6.26. The summed E-state index contributed by atoms with van der Waals surface area (Å²) in [6.07, 6.45) is -0.491. The first-order valence-electron chi connectivity index (χ1n) is 8.26. The predicted octanol–water partition coefficient (Wildman–Crippen LogP) is 2.82. The molecule has 1 aromatic rings. The third-order valence-electron chi connectivity index (χ3n) is 4.64. The molecule has 0 aliphatic carbocycles. The largest absolute Gasteiger partial charge is 0.467 e. The molecule has 140 valence electrons. The van der Waals surface area contributed by atoms with Crippen LogP contribution in [0.3, 0.4) is 0 Å². The summed E-state index contributed by atoms with van der Waals surface area (Å²) in [6.45, 7) is 5.30. The van der Waals surface area contributed by atoms with Gasteiger partial charge in [0.1, 0.15) is 11.6 Å². The maximum Gasteiger partial charge on any atom is 0.411 e. The van der Waals surface area contributed by atoms with Gasteiger partial charge in [-0.2, -0.15) is 0 Å². The Morgan fingerprint density at radius 2 is 2.04 bits per heavy atom. The topological polar surface area (TPSA) is 84.9 Å². The number of hydrogen-bond donors (Lipinski definition) is 1. The summed E-state index contributed by atoms with van der Waals surface area (Å²) in [5, 5.41) is 2.85. The molecule has 0 radical (unpaired) electrons. The molecule has 2 aliphatic heterocycles. The maximum atomic E-state index is 12.8. The van der Waals surface area contributed by atoms with E-state index in [4.69, 9.17) is 9.47 Å². The number of rotatable bonds is 1. The van der Waals surface area contributed by atoms with Crippen LogP contribution in [0.25, 0.3) is 0 Å². The van der Waals surface area contributed by atoms with Crippen LogP contribution < -0.4 is 5.32 Å². The molecular weight excluding hydrogens is 404 g/mol. The first-order valence-corrected chi connectivity index (χ1v) is 9.06. The van der Waals surface area contributed by atoms with Gasteiger partial charge in [-0.05, 0) is 51.0 Å². The number of anilines is 1. The van der Waals surface area contributed by atoms with E-state index in [1.807, 2.05) is 12.1 Å². The van der Waals surface area contributed by atoms with Gasteiger partial charge in [-0.1, -0.05) is 15.9 Å². The lowest BCUT2D eigenvalue weighted by Gasteiger charge is -2.27. The standard InChI is InChI=1S/C18H21BrN2O5/c1-17(2,3)26-16(24)21-9-18(8-13(21)14(22)25-4)11-7-10(19)5-6-12(11)20-15(18)23/h5-7,13H,8-9H2,1-4H3,(H,20,23)/t13-,18-/m0/s1. The summed E-state index contributed by atoms with van der Waals surface area (Å²) in [5.74, 6) is -0.797. The molecule has 3 rings (SSSR count). The highest BCUT2D eigenvalue weighted by Crippen LogP contribution is 2.47. The smallest absolute Gasteiger partial charge is 0.411 e. The molecule has 0 aromatic heterocycles. The number of carbonyl (C=O) groups excluding carboxylic acids is 3. The van der Waals surface area contributed by atoms with Crippen LogP contribution in [0.4, 0.5) is 10.5 Å². The lowest BCUT2D eigenvalue weighted by molar-refractivity contribution is -0.145. The number of esters is 1. The summed E-state index contributed by atoms with van der Waals surface area (Å²) in [6, 6.07) is 4.59. The quantitative estimate of drug-likeness (QED) is 0.700. The fourth-order valence-corrected chi connectivity index (χ4v) is 3.87. The van der Waals surface area contributed by atoms with E-state index in [2.05, 4.69) is 21.2 Å². The molecule has 7 nitrogen and oxygen atoms in total. The molecule has 1 N–H and O–H groups in total. The van der Waals surface area contributed by atoms with Gasteiger partial charge in [0.25, 0.3) is 0 Å². The Morgan fingerprint density at radius 1 is 1.35 bits per heavy atom. The maximum absolute atomic E-state index is 12.8. The zero-order valence-electron chi connectivity index (χ0n) is 15.1. The van der Waals surface area contributed by atoms with Gasteiger partial charge in [0.05, 0.1) is 12.5 Å². The summed E-state index contributed by atoms with van der Waals surface area (Å²) in [7, 11) is 1.26. The van der Waals surface area contributed by atoms with Gasteiger partial charge in [0, 0.05) is 16.7 Å². The number of likely N-dealkylation sites (tertiary alicyclic amines) is 1. The Balaban J connectivity index is 2.02. The number of halogens is 1. The first-order chi connectivity index (χ1) is 12.1. The number of ether oxygens (including phenoxy) is 2. The van der Waals surface area contributed by atoms with Crippen LogP contribution in [0.2, 0.25) is 0 Å². The fourth-order valence-electron chi connectivity index (χ4n) is 3.51.